The van der Waals surface area contributed by atoms with E-state index in [0.29, 0.717) is 11.3 Å². The second-order valence-electron chi connectivity index (χ2n) is 3.86. The number of hydrogen-bond acceptors (Lipinski definition) is 3. The fourth-order valence-electron chi connectivity index (χ4n) is 1.74. The van der Waals surface area contributed by atoms with Crippen LogP contribution < -0.4 is 5.73 Å². The van der Waals surface area contributed by atoms with Crippen molar-refractivity contribution in [1.82, 2.24) is 14.5 Å². The van der Waals surface area contributed by atoms with Gasteiger partial charge in [0.1, 0.15) is 0 Å². The van der Waals surface area contributed by atoms with E-state index in [1.54, 1.807) is 17.0 Å². The molecule has 0 aromatic carbocycles. The van der Waals surface area contributed by atoms with E-state index in [9.17, 15) is 4.79 Å². The van der Waals surface area contributed by atoms with E-state index in [4.69, 9.17) is 12.2 Å². The molecule has 0 bridgehead atoms. The van der Waals surface area contributed by atoms with Crippen molar-refractivity contribution in [3.63, 3.8) is 0 Å². The third-order valence-electron chi connectivity index (χ3n) is 2.82. The minimum atomic E-state index is -0.610. The molecular formula is C13H12N4O. The summed E-state index contributed by atoms with van der Waals surface area (Å²) in [7, 11) is 0. The summed E-state index contributed by atoms with van der Waals surface area (Å²) in [5, 5.41) is 0. The number of pyridine rings is 1. The number of terminal acetylenes is 1. The molecule has 0 spiro atoms. The van der Waals surface area contributed by atoms with Crippen LogP contribution in [0.15, 0.2) is 18.6 Å². The normalized spacial score (nSPS) is 10.1. The Morgan fingerprint density at radius 1 is 1.44 bits per heavy atom. The summed E-state index contributed by atoms with van der Waals surface area (Å²) < 4.78 is 1.55. The fourth-order valence-corrected chi connectivity index (χ4v) is 1.74. The zero-order valence-corrected chi connectivity index (χ0v) is 10.1. The molecule has 2 N–H and O–H groups in total. The molecule has 0 saturated heterocycles. The van der Waals surface area contributed by atoms with Crippen LogP contribution in [0.5, 0.6) is 0 Å². The highest BCUT2D eigenvalue weighted by Crippen LogP contribution is 2.20. The summed E-state index contributed by atoms with van der Waals surface area (Å²) in [4.78, 5) is 19.4. The Morgan fingerprint density at radius 3 is 2.78 bits per heavy atom. The van der Waals surface area contributed by atoms with Crippen LogP contribution in [0.3, 0.4) is 0 Å². The molecule has 0 aliphatic carbocycles. The van der Waals surface area contributed by atoms with Crippen molar-refractivity contribution in [2.45, 2.75) is 13.8 Å². The molecule has 5 heteroatoms. The molecule has 0 aliphatic heterocycles. The molecule has 0 radical (unpaired) electrons. The molecule has 2 rings (SSSR count). The van der Waals surface area contributed by atoms with Gasteiger partial charge in [-0.15, -0.1) is 6.42 Å². The number of aromatic nitrogens is 3. The number of carbonyl (C=O) groups excluding carboxylic acids is 1. The zero-order valence-electron chi connectivity index (χ0n) is 10.1. The van der Waals surface area contributed by atoms with Crippen molar-refractivity contribution in [3.05, 3.63) is 41.2 Å². The predicted molar refractivity (Wildman–Crippen MR) is 67.3 cm³/mol. The molecule has 18 heavy (non-hydrogen) atoms. The third-order valence-corrected chi connectivity index (χ3v) is 2.82. The van der Waals surface area contributed by atoms with Gasteiger partial charge in [-0.1, -0.05) is 5.92 Å². The number of imidazole rings is 1. The molecule has 0 fully saturated rings. The highest BCUT2D eigenvalue weighted by Gasteiger charge is 2.15. The van der Waals surface area contributed by atoms with Crippen LogP contribution in [-0.2, 0) is 0 Å². The Labute approximate surface area is 105 Å². The Bertz CT molecular complexity index is 664. The Kier molecular flexibility index (Phi) is 2.86. The predicted octanol–water partition coefficient (Wildman–Crippen LogP) is 0.964. The minimum absolute atomic E-state index is 0.136. The average Bonchev–Trinajstić information content (AvgIpc) is 2.81. The van der Waals surface area contributed by atoms with E-state index in [1.165, 1.54) is 6.20 Å². The van der Waals surface area contributed by atoms with Crippen LogP contribution >= 0.6 is 0 Å². The monoisotopic (exact) mass is 240 g/mol. The van der Waals surface area contributed by atoms with Crippen LogP contribution in [0.25, 0.3) is 5.69 Å². The molecule has 0 aliphatic rings. The van der Waals surface area contributed by atoms with Gasteiger partial charge in [0, 0.05) is 18.1 Å². The highest BCUT2D eigenvalue weighted by molar-refractivity contribution is 5.90. The SMILES string of the molecule is C#Cc1c(-n2ccnc2C(N)=O)cnc(C)c1C. The molecule has 0 unspecified atom stereocenters. The first-order chi connectivity index (χ1) is 8.56. The van der Waals surface area contributed by atoms with E-state index in [0.717, 1.165) is 11.3 Å². The van der Waals surface area contributed by atoms with E-state index in [2.05, 4.69) is 15.9 Å². The quantitative estimate of drug-likeness (QED) is 0.795. The molecule has 2 aromatic heterocycles. The Hall–Kier alpha value is -2.61. The lowest BCUT2D eigenvalue weighted by atomic mass is 10.1. The average molecular weight is 240 g/mol. The number of rotatable bonds is 2. The largest absolute Gasteiger partial charge is 0.363 e. The standard InChI is InChI=1S/C13H12N4O/c1-4-10-8(2)9(3)16-7-11(10)17-6-5-15-13(17)12(14)18/h1,5-7H,2-3H3,(H2,14,18). The Morgan fingerprint density at radius 2 is 2.17 bits per heavy atom. The van der Waals surface area contributed by atoms with E-state index in [1.807, 2.05) is 13.8 Å². The maximum Gasteiger partial charge on any atom is 0.285 e. The van der Waals surface area contributed by atoms with Crippen molar-refractivity contribution in [3.8, 4) is 18.0 Å². The molecule has 0 saturated carbocycles. The smallest absolute Gasteiger partial charge is 0.285 e. The van der Waals surface area contributed by atoms with Gasteiger partial charge in [0.2, 0.25) is 5.82 Å². The second kappa shape index (κ2) is 4.34. The molecule has 2 heterocycles. The van der Waals surface area contributed by atoms with Gasteiger partial charge in [-0.2, -0.15) is 0 Å². The molecular weight excluding hydrogens is 228 g/mol. The topological polar surface area (TPSA) is 73.8 Å². The van der Waals surface area contributed by atoms with Gasteiger partial charge in [-0.05, 0) is 19.4 Å². The first kappa shape index (κ1) is 11.9. The number of nitrogens with zero attached hydrogens (tertiary/aromatic N) is 3. The van der Waals surface area contributed by atoms with Crippen molar-refractivity contribution < 1.29 is 4.79 Å². The third kappa shape index (κ3) is 1.74. The lowest BCUT2D eigenvalue weighted by Crippen LogP contribution is -2.18. The summed E-state index contributed by atoms with van der Waals surface area (Å²) in [6.45, 7) is 3.77. The molecule has 1 amide bonds. The fraction of sp³-hybridized carbons (Fsp3) is 0.154. The lowest BCUT2D eigenvalue weighted by Gasteiger charge is -2.11. The summed E-state index contributed by atoms with van der Waals surface area (Å²) in [5.41, 5.74) is 8.33. The van der Waals surface area contributed by atoms with Gasteiger partial charge in [0.25, 0.3) is 5.91 Å². The molecule has 5 nitrogen and oxygen atoms in total. The zero-order chi connectivity index (χ0) is 13.3. The van der Waals surface area contributed by atoms with Gasteiger partial charge in [0.15, 0.2) is 0 Å². The van der Waals surface area contributed by atoms with Crippen LogP contribution in [0.2, 0.25) is 0 Å². The highest BCUT2D eigenvalue weighted by atomic mass is 16.1. The van der Waals surface area contributed by atoms with E-state index >= 15 is 0 Å². The van der Waals surface area contributed by atoms with Crippen LogP contribution in [0, 0.1) is 26.2 Å². The number of hydrogen-bond donors (Lipinski definition) is 1. The molecule has 90 valence electrons. The number of amides is 1. The maximum atomic E-state index is 11.3. The van der Waals surface area contributed by atoms with Gasteiger partial charge in [0.05, 0.1) is 17.4 Å². The van der Waals surface area contributed by atoms with Crippen molar-refractivity contribution in [1.29, 1.82) is 0 Å². The van der Waals surface area contributed by atoms with E-state index in [-0.39, 0.29) is 5.82 Å². The summed E-state index contributed by atoms with van der Waals surface area (Å²) in [6, 6.07) is 0. The summed E-state index contributed by atoms with van der Waals surface area (Å²) >= 11 is 0. The van der Waals surface area contributed by atoms with E-state index < -0.39 is 5.91 Å². The number of nitrogens with two attached hydrogens (primary N) is 1. The minimum Gasteiger partial charge on any atom is -0.363 e. The number of primary amides is 1. The van der Waals surface area contributed by atoms with Crippen LogP contribution in [0.1, 0.15) is 27.4 Å². The first-order valence-electron chi connectivity index (χ1n) is 5.32. The van der Waals surface area contributed by atoms with Gasteiger partial charge in [-0.25, -0.2) is 4.98 Å². The van der Waals surface area contributed by atoms with Gasteiger partial charge >= 0.3 is 0 Å². The van der Waals surface area contributed by atoms with Crippen molar-refractivity contribution >= 4 is 5.91 Å². The Balaban J connectivity index is 2.73. The van der Waals surface area contributed by atoms with Crippen LogP contribution in [-0.4, -0.2) is 20.4 Å². The maximum absolute atomic E-state index is 11.3. The van der Waals surface area contributed by atoms with Crippen molar-refractivity contribution in [2.24, 2.45) is 5.73 Å². The van der Waals surface area contributed by atoms with Gasteiger partial charge < -0.3 is 5.73 Å². The lowest BCUT2D eigenvalue weighted by molar-refractivity contribution is 0.0989. The second-order valence-corrected chi connectivity index (χ2v) is 3.86. The summed E-state index contributed by atoms with van der Waals surface area (Å²) in [5.74, 6) is 2.14. The van der Waals surface area contributed by atoms with Crippen LogP contribution in [0.4, 0.5) is 0 Å². The number of aryl methyl sites for hydroxylation is 1. The molecule has 2 aromatic rings. The van der Waals surface area contributed by atoms with Gasteiger partial charge in [-0.3, -0.25) is 14.3 Å². The molecule has 0 atom stereocenters. The first-order valence-corrected chi connectivity index (χ1v) is 5.32. The summed E-state index contributed by atoms with van der Waals surface area (Å²) in [6.07, 6.45) is 10.3. The number of carbonyl (C=O) groups is 1. The van der Waals surface area contributed by atoms with Crippen molar-refractivity contribution in [2.75, 3.05) is 0 Å².